The van der Waals surface area contributed by atoms with Gasteiger partial charge in [0, 0.05) is 0 Å². The van der Waals surface area contributed by atoms with Gasteiger partial charge in [-0.15, -0.1) is 76.9 Å². The molecule has 0 saturated carbocycles. The Balaban J connectivity index is 0.000000237. The van der Waals surface area contributed by atoms with Crippen LogP contribution in [0, 0.1) is 12.1 Å². The van der Waals surface area contributed by atoms with Crippen LogP contribution in [0.25, 0.3) is 17.2 Å². The molecule has 0 saturated heterocycles. The van der Waals surface area contributed by atoms with Gasteiger partial charge < -0.3 is 24.8 Å². The average molecular weight is 553 g/mol. The van der Waals surface area contributed by atoms with Crippen LogP contribution in [0.1, 0.15) is 22.3 Å². The molecule has 136 valence electrons. The van der Waals surface area contributed by atoms with Crippen molar-refractivity contribution in [3.8, 4) is 11.1 Å². The van der Waals surface area contributed by atoms with E-state index in [0.29, 0.717) is 0 Å². The van der Waals surface area contributed by atoms with E-state index in [1.807, 2.05) is 18.2 Å². The Labute approximate surface area is 200 Å². The number of allylic oxidation sites excluding steroid dienone is 1. The van der Waals surface area contributed by atoms with E-state index in [2.05, 4.69) is 85.5 Å². The zero-order valence-corrected chi connectivity index (χ0v) is 20.7. The molecule has 2 aliphatic carbocycles. The van der Waals surface area contributed by atoms with Crippen LogP contribution in [0.5, 0.6) is 0 Å². The van der Waals surface area contributed by atoms with Gasteiger partial charge in [-0.05, 0) is 6.42 Å². The first-order valence-electron chi connectivity index (χ1n) is 7.97. The molecule has 0 heterocycles. The summed E-state index contributed by atoms with van der Waals surface area (Å²) in [5, 5.41) is 0. The first-order valence-corrected chi connectivity index (χ1v) is 12.2. The molecule has 0 radical (unpaired) electrons. The normalized spacial score (nSPS) is 11.2. The SMILES string of the molecule is Brc1cc[c-]c2c1CC=C2.[Cl-].[Cl-].[S]=[Zr+2].[c-]1cccc2c1-c1ccccc1C2. The third-order valence-corrected chi connectivity index (χ3v) is 5.04. The van der Waals surface area contributed by atoms with Gasteiger partial charge in [-0.1, -0.05) is 62.2 Å². The van der Waals surface area contributed by atoms with Crippen LogP contribution >= 0.6 is 24.8 Å². The molecule has 0 spiro atoms. The number of rotatable bonds is 0. The van der Waals surface area contributed by atoms with Gasteiger partial charge in [0.15, 0.2) is 0 Å². The van der Waals surface area contributed by atoms with Gasteiger partial charge in [0.2, 0.25) is 0 Å². The Bertz CT molecular complexity index is 884. The van der Waals surface area contributed by atoms with Crippen LogP contribution in [0.4, 0.5) is 0 Å². The predicted octanol–water partition coefficient (Wildman–Crippen LogP) is 0.530. The zero-order chi connectivity index (χ0) is 17.6. The monoisotopic (exact) mass is 550 g/mol. The van der Waals surface area contributed by atoms with E-state index < -0.39 is 0 Å². The first-order chi connectivity index (χ1) is 12.3. The van der Waals surface area contributed by atoms with E-state index in [4.69, 9.17) is 0 Å². The molecule has 0 atom stereocenters. The number of benzene rings is 3. The molecule has 0 fully saturated rings. The minimum atomic E-state index is 0. The molecule has 5 rings (SSSR count). The van der Waals surface area contributed by atoms with Crippen LogP contribution in [-0.4, -0.2) is 0 Å². The largest absolute Gasteiger partial charge is 0.147 e. The van der Waals surface area contributed by atoms with Crippen LogP contribution < -0.4 is 24.8 Å². The molecule has 0 unspecified atom stereocenters. The van der Waals surface area contributed by atoms with Crippen molar-refractivity contribution in [2.24, 2.45) is 0 Å². The summed E-state index contributed by atoms with van der Waals surface area (Å²) >= 11 is 4.62. The third-order valence-electron chi connectivity index (χ3n) is 4.30. The minimum absolute atomic E-state index is 0. The number of hydrogen-bond donors (Lipinski definition) is 0. The summed E-state index contributed by atoms with van der Waals surface area (Å²) in [7, 11) is 4.17. The van der Waals surface area contributed by atoms with Crippen molar-refractivity contribution in [3.63, 3.8) is 0 Å². The van der Waals surface area contributed by atoms with Gasteiger partial charge in [0.05, 0.1) is 0 Å². The van der Waals surface area contributed by atoms with Gasteiger partial charge in [-0.25, -0.2) is 0 Å². The Morgan fingerprint density at radius 1 is 0.889 bits per heavy atom. The van der Waals surface area contributed by atoms with Gasteiger partial charge in [0.25, 0.3) is 0 Å². The molecule has 2 aliphatic rings. The molecule has 3 aromatic carbocycles. The van der Waals surface area contributed by atoms with E-state index in [-0.39, 0.29) is 24.8 Å². The van der Waals surface area contributed by atoms with E-state index in [1.54, 1.807) is 0 Å². The minimum Gasteiger partial charge on any atom is -0.147 e. The number of halogens is 3. The summed E-state index contributed by atoms with van der Waals surface area (Å²) in [5.74, 6) is 0. The molecule has 0 aliphatic heterocycles. The molecule has 0 N–H and O–H groups in total. The molecular weight excluding hydrogens is 538 g/mol. The maximum Gasteiger partial charge on any atom is -0.0454 e. The molecule has 27 heavy (non-hydrogen) atoms. The van der Waals surface area contributed by atoms with Crippen molar-refractivity contribution in [1.29, 1.82) is 0 Å². The molecular formula is C22H15BrCl2SZr-2. The van der Waals surface area contributed by atoms with Gasteiger partial charge in [-0.2, -0.15) is 0 Å². The Kier molecular flexibility index (Phi) is 11.1. The summed E-state index contributed by atoms with van der Waals surface area (Å²) in [6.07, 6.45) is 6.39. The summed E-state index contributed by atoms with van der Waals surface area (Å²) in [6.45, 7) is 0. The van der Waals surface area contributed by atoms with Crippen molar-refractivity contribution >= 4 is 30.9 Å². The molecule has 0 aromatic heterocycles. The second-order valence-corrected chi connectivity index (χ2v) is 6.58. The Hall–Kier alpha value is -0.437. The number of fused-ring (bicyclic) bond motifs is 4. The molecule has 0 nitrogen and oxygen atoms in total. The quantitative estimate of drug-likeness (QED) is 0.287. The van der Waals surface area contributed by atoms with E-state index in [9.17, 15) is 0 Å². The van der Waals surface area contributed by atoms with Crippen molar-refractivity contribution in [3.05, 3.63) is 99.5 Å². The van der Waals surface area contributed by atoms with E-state index in [0.717, 1.165) is 35.5 Å². The van der Waals surface area contributed by atoms with E-state index in [1.165, 1.54) is 37.9 Å². The molecule has 0 bridgehead atoms. The van der Waals surface area contributed by atoms with Gasteiger partial charge in [0.1, 0.15) is 0 Å². The average Bonchev–Trinajstić information content (AvgIpc) is 3.29. The fourth-order valence-corrected chi connectivity index (χ4v) is 3.67. The van der Waals surface area contributed by atoms with Crippen molar-refractivity contribution < 1.29 is 47.5 Å². The van der Waals surface area contributed by atoms with Gasteiger partial charge >= 0.3 is 31.5 Å². The molecule has 0 amide bonds. The van der Waals surface area contributed by atoms with Crippen molar-refractivity contribution in [2.75, 3.05) is 0 Å². The third kappa shape index (κ3) is 5.78. The topological polar surface area (TPSA) is 0 Å². The summed E-state index contributed by atoms with van der Waals surface area (Å²) < 4.78 is 1.20. The van der Waals surface area contributed by atoms with Gasteiger partial charge in [-0.3, -0.25) is 0 Å². The van der Waals surface area contributed by atoms with Crippen LogP contribution in [0.15, 0.2) is 65.1 Å². The van der Waals surface area contributed by atoms with Crippen molar-refractivity contribution in [1.82, 2.24) is 0 Å². The maximum absolute atomic E-state index is 4.17. The first kappa shape index (κ1) is 24.6. The maximum atomic E-state index is 4.17. The predicted molar refractivity (Wildman–Crippen MR) is 107 cm³/mol. The fourth-order valence-electron chi connectivity index (χ4n) is 3.17. The second-order valence-electron chi connectivity index (χ2n) is 5.73. The van der Waals surface area contributed by atoms with Crippen LogP contribution in [-0.2, 0) is 35.5 Å². The van der Waals surface area contributed by atoms with E-state index >= 15 is 0 Å². The zero-order valence-electron chi connectivity index (χ0n) is 14.3. The number of hydrogen-bond acceptors (Lipinski definition) is 1. The smallest absolute Gasteiger partial charge is 0.0454 e. The van der Waals surface area contributed by atoms with Crippen LogP contribution in [0.3, 0.4) is 0 Å². The Morgan fingerprint density at radius 2 is 1.63 bits per heavy atom. The summed E-state index contributed by atoms with van der Waals surface area (Å²) in [4.78, 5) is 0. The summed E-state index contributed by atoms with van der Waals surface area (Å²) in [5.41, 5.74) is 8.08. The standard InChI is InChI=1S/C13H9.C9H6Br.2ClH.S.Zr/c1-3-7-12-10(5-1)9-11-6-2-4-8-13(11)12;10-9-6-2-4-7-3-1-5-8(7)9;;;;/h1-7H,9H2;1-3,6H,5H2;2*1H;;/q2*-1;;;;+2/p-2. The molecule has 5 heteroatoms. The summed E-state index contributed by atoms with van der Waals surface area (Å²) in [6, 6.07) is 25.3. The second kappa shape index (κ2) is 12.2. The fraction of sp³-hybridized carbons (Fsp3) is 0.0909. The van der Waals surface area contributed by atoms with Crippen LogP contribution in [0.2, 0.25) is 0 Å². The molecule has 3 aromatic rings. The van der Waals surface area contributed by atoms with Crippen molar-refractivity contribution in [2.45, 2.75) is 12.8 Å². The Morgan fingerprint density at radius 3 is 2.41 bits per heavy atom.